The van der Waals surface area contributed by atoms with Crippen LogP contribution in [0.1, 0.15) is 61.0 Å². The van der Waals surface area contributed by atoms with E-state index >= 15 is 0 Å². The van der Waals surface area contributed by atoms with Crippen LogP contribution in [0.5, 0.6) is 5.75 Å². The fraction of sp³-hybridized carbons (Fsp3) is 0.731. The standard InChI is InChI=1S/C26H43NO8/c1-10-31-22-20(24(2,3)4)21(32-15-17-11-13-18(30-9)14-12-17)19(34-26(22,8)35-27-29)16-33-23(28)25(5,6)7/h11-14,19-22,27,29H,10,15-16H2,1-9H3/t19-,20-,21-,22+,26-/m1/s1. The molecule has 1 heterocycles. The number of hydrogen-bond acceptors (Lipinski definition) is 9. The molecule has 1 aliphatic rings. The molecule has 0 radical (unpaired) electrons. The molecular formula is C26H43NO8. The summed E-state index contributed by atoms with van der Waals surface area (Å²) in [6.07, 6.45) is -1.78. The highest BCUT2D eigenvalue weighted by Crippen LogP contribution is 2.46. The van der Waals surface area contributed by atoms with Gasteiger partial charge in [-0.1, -0.05) is 38.5 Å². The van der Waals surface area contributed by atoms with Crippen molar-refractivity contribution < 1.29 is 38.5 Å². The van der Waals surface area contributed by atoms with Crippen molar-refractivity contribution in [3.8, 4) is 5.75 Å². The maximum Gasteiger partial charge on any atom is 0.311 e. The lowest BCUT2D eigenvalue weighted by atomic mass is 9.69. The van der Waals surface area contributed by atoms with Crippen LogP contribution in [0, 0.1) is 16.7 Å². The minimum absolute atomic E-state index is 0.0425. The molecule has 35 heavy (non-hydrogen) atoms. The number of ether oxygens (including phenoxy) is 5. The van der Waals surface area contributed by atoms with E-state index in [1.165, 1.54) is 0 Å². The van der Waals surface area contributed by atoms with Gasteiger partial charge in [0.15, 0.2) is 0 Å². The zero-order chi connectivity index (χ0) is 26.4. The van der Waals surface area contributed by atoms with E-state index in [0.29, 0.717) is 13.2 Å². The summed E-state index contributed by atoms with van der Waals surface area (Å²) in [5.41, 5.74) is 1.74. The fourth-order valence-corrected chi connectivity index (χ4v) is 4.35. The summed E-state index contributed by atoms with van der Waals surface area (Å²) in [7, 11) is 1.62. The van der Waals surface area contributed by atoms with Crippen molar-refractivity contribution >= 4 is 5.97 Å². The zero-order valence-electron chi connectivity index (χ0n) is 22.5. The maximum absolute atomic E-state index is 12.5. The Morgan fingerprint density at radius 2 is 1.74 bits per heavy atom. The van der Waals surface area contributed by atoms with Crippen molar-refractivity contribution in [3.05, 3.63) is 29.8 Å². The van der Waals surface area contributed by atoms with E-state index in [1.54, 1.807) is 40.4 Å². The van der Waals surface area contributed by atoms with Crippen LogP contribution in [0.2, 0.25) is 0 Å². The molecular weight excluding hydrogens is 454 g/mol. The largest absolute Gasteiger partial charge is 0.497 e. The second-order valence-electron chi connectivity index (χ2n) is 11.1. The second-order valence-corrected chi connectivity index (χ2v) is 11.1. The Morgan fingerprint density at radius 3 is 2.23 bits per heavy atom. The van der Waals surface area contributed by atoms with Crippen LogP contribution in [0.15, 0.2) is 24.3 Å². The molecule has 0 spiro atoms. The van der Waals surface area contributed by atoms with Crippen molar-refractivity contribution in [1.82, 2.24) is 5.64 Å². The molecule has 1 aromatic rings. The first-order valence-corrected chi connectivity index (χ1v) is 12.0. The van der Waals surface area contributed by atoms with Gasteiger partial charge in [-0.2, -0.15) is 0 Å². The number of methoxy groups -OCH3 is 1. The fourth-order valence-electron chi connectivity index (χ4n) is 4.35. The Morgan fingerprint density at radius 1 is 1.11 bits per heavy atom. The molecule has 2 rings (SSSR count). The predicted octanol–water partition coefficient (Wildman–Crippen LogP) is 4.26. The van der Waals surface area contributed by atoms with E-state index in [0.717, 1.165) is 11.3 Å². The van der Waals surface area contributed by atoms with Crippen LogP contribution in [-0.2, 0) is 35.2 Å². The Kier molecular flexibility index (Phi) is 10.1. The van der Waals surface area contributed by atoms with Crippen molar-refractivity contribution in [2.75, 3.05) is 20.3 Å². The van der Waals surface area contributed by atoms with Gasteiger partial charge in [0, 0.05) is 12.5 Å². The van der Waals surface area contributed by atoms with Crippen LogP contribution >= 0.6 is 0 Å². The van der Waals surface area contributed by atoms with Crippen LogP contribution < -0.4 is 10.4 Å². The summed E-state index contributed by atoms with van der Waals surface area (Å²) >= 11 is 0. The van der Waals surface area contributed by atoms with Gasteiger partial charge in [-0.05, 0) is 57.7 Å². The van der Waals surface area contributed by atoms with Crippen molar-refractivity contribution in [2.24, 2.45) is 16.7 Å². The third-order valence-electron chi connectivity index (χ3n) is 6.14. The van der Waals surface area contributed by atoms with E-state index in [9.17, 15) is 10.0 Å². The van der Waals surface area contributed by atoms with E-state index < -0.39 is 29.5 Å². The summed E-state index contributed by atoms with van der Waals surface area (Å²) < 4.78 is 29.8. The highest BCUT2D eigenvalue weighted by Gasteiger charge is 2.58. The summed E-state index contributed by atoms with van der Waals surface area (Å²) in [4.78, 5) is 18.0. The summed E-state index contributed by atoms with van der Waals surface area (Å²) in [6, 6.07) is 7.62. The normalized spacial score (nSPS) is 27.5. The number of benzene rings is 1. The molecule has 0 saturated carbocycles. The van der Waals surface area contributed by atoms with Crippen molar-refractivity contribution in [2.45, 2.75) is 86.1 Å². The molecule has 5 atom stereocenters. The lowest BCUT2D eigenvalue weighted by molar-refractivity contribution is -0.405. The summed E-state index contributed by atoms with van der Waals surface area (Å²) in [5, 5.41) is 9.40. The van der Waals surface area contributed by atoms with Gasteiger partial charge in [-0.15, -0.1) is 0 Å². The minimum atomic E-state index is -1.37. The van der Waals surface area contributed by atoms with Crippen molar-refractivity contribution in [1.29, 1.82) is 0 Å². The Hall–Kier alpha value is -1.75. The van der Waals surface area contributed by atoms with Gasteiger partial charge in [0.25, 0.3) is 0 Å². The second kappa shape index (κ2) is 12.0. The number of esters is 1. The lowest BCUT2D eigenvalue weighted by Gasteiger charge is -2.54. The molecule has 200 valence electrons. The smallest absolute Gasteiger partial charge is 0.311 e. The number of hydrogen-bond donors (Lipinski definition) is 2. The average Bonchev–Trinajstić information content (AvgIpc) is 2.77. The van der Waals surface area contributed by atoms with Gasteiger partial charge in [-0.3, -0.25) is 10.0 Å². The lowest BCUT2D eigenvalue weighted by Crippen LogP contribution is -2.67. The van der Waals surface area contributed by atoms with Gasteiger partial charge in [0.2, 0.25) is 5.79 Å². The first-order valence-electron chi connectivity index (χ1n) is 12.0. The molecule has 0 aliphatic carbocycles. The average molecular weight is 498 g/mol. The maximum atomic E-state index is 12.5. The highest BCUT2D eigenvalue weighted by atomic mass is 16.9. The summed E-state index contributed by atoms with van der Waals surface area (Å²) in [5.74, 6) is -1.21. The molecule has 2 N–H and O–H groups in total. The molecule has 9 heteroatoms. The Balaban J connectivity index is 2.42. The van der Waals surface area contributed by atoms with E-state index in [2.05, 4.69) is 20.8 Å². The van der Waals surface area contributed by atoms with E-state index in [-0.39, 0.29) is 23.9 Å². The van der Waals surface area contributed by atoms with Crippen LogP contribution in [0.4, 0.5) is 0 Å². The molecule has 1 saturated heterocycles. The number of carbonyl (C=O) groups is 1. The third-order valence-corrected chi connectivity index (χ3v) is 6.14. The molecule has 1 aromatic carbocycles. The van der Waals surface area contributed by atoms with Gasteiger partial charge < -0.3 is 23.7 Å². The first-order chi connectivity index (χ1) is 16.3. The third kappa shape index (κ3) is 7.62. The molecule has 0 bridgehead atoms. The zero-order valence-corrected chi connectivity index (χ0v) is 22.5. The number of carbonyl (C=O) groups excluding carboxylic acids is 1. The van der Waals surface area contributed by atoms with Crippen LogP contribution in [0.3, 0.4) is 0 Å². The number of rotatable bonds is 10. The van der Waals surface area contributed by atoms with Crippen molar-refractivity contribution in [3.63, 3.8) is 0 Å². The summed E-state index contributed by atoms with van der Waals surface area (Å²) in [6.45, 7) is 15.9. The van der Waals surface area contributed by atoms with Gasteiger partial charge >= 0.3 is 5.97 Å². The highest BCUT2D eigenvalue weighted by molar-refractivity contribution is 5.75. The molecule has 1 aliphatic heterocycles. The quantitative estimate of drug-likeness (QED) is 0.362. The van der Waals surface area contributed by atoms with E-state index in [4.69, 9.17) is 28.5 Å². The molecule has 0 aromatic heterocycles. The van der Waals surface area contributed by atoms with Gasteiger partial charge in [-0.25, -0.2) is 4.84 Å². The molecule has 1 fully saturated rings. The first kappa shape index (κ1) is 29.5. The predicted molar refractivity (Wildman–Crippen MR) is 130 cm³/mol. The van der Waals surface area contributed by atoms with Crippen LogP contribution in [0.25, 0.3) is 0 Å². The number of nitrogens with one attached hydrogen (secondary N) is 1. The topological polar surface area (TPSA) is 105 Å². The molecule has 9 nitrogen and oxygen atoms in total. The van der Waals surface area contributed by atoms with Crippen LogP contribution in [-0.4, -0.2) is 55.6 Å². The SMILES string of the molecule is CCO[C@H]1[C@H](C(C)(C)C)[C@H](OCc2ccc(OC)cc2)[C@@H](COC(=O)C(C)(C)C)O[C@]1(C)ONO. The van der Waals surface area contributed by atoms with Gasteiger partial charge in [0.1, 0.15) is 24.6 Å². The monoisotopic (exact) mass is 497 g/mol. The van der Waals surface area contributed by atoms with E-state index in [1.807, 2.05) is 31.2 Å². The molecule has 0 unspecified atom stereocenters. The van der Waals surface area contributed by atoms with Gasteiger partial charge in [0.05, 0.1) is 25.2 Å². The minimum Gasteiger partial charge on any atom is -0.497 e. The Bertz CT molecular complexity index is 801. The Labute approximate surface area is 209 Å². The molecule has 0 amide bonds.